The summed E-state index contributed by atoms with van der Waals surface area (Å²) < 4.78 is 0. The fourth-order valence-corrected chi connectivity index (χ4v) is 3.14. The second-order valence-corrected chi connectivity index (χ2v) is 6.10. The Kier molecular flexibility index (Phi) is 4.93. The van der Waals surface area contributed by atoms with Crippen LogP contribution in [-0.2, 0) is 19.3 Å². The van der Waals surface area contributed by atoms with Crippen molar-refractivity contribution in [3.8, 4) is 0 Å². The number of rotatable bonds is 4. The molecule has 0 atom stereocenters. The molecule has 0 radical (unpaired) electrons. The Hall–Kier alpha value is -2.63. The van der Waals surface area contributed by atoms with Crippen LogP contribution in [0, 0.1) is 6.92 Å². The lowest BCUT2D eigenvalue weighted by Crippen LogP contribution is -2.31. The number of hydrogen-bond donors (Lipinski definition) is 3. The van der Waals surface area contributed by atoms with Gasteiger partial charge in [-0.05, 0) is 49.8 Å². The van der Waals surface area contributed by atoms with Crippen molar-refractivity contribution < 1.29 is 4.79 Å². The van der Waals surface area contributed by atoms with E-state index in [1.165, 1.54) is 30.0 Å². The number of amides is 2. The van der Waals surface area contributed by atoms with E-state index in [1.807, 2.05) is 12.1 Å². The molecule has 3 rings (SSSR count). The number of H-pyrrole nitrogens is 1. The zero-order valence-corrected chi connectivity index (χ0v) is 13.8. The summed E-state index contributed by atoms with van der Waals surface area (Å²) in [6, 6.07) is 7.31. The Bertz CT molecular complexity index is 798. The van der Waals surface area contributed by atoms with Gasteiger partial charge in [-0.3, -0.25) is 4.79 Å². The van der Waals surface area contributed by atoms with Gasteiger partial charge in [0.25, 0.3) is 5.56 Å². The zero-order chi connectivity index (χ0) is 16.9. The minimum Gasteiger partial charge on any atom is -0.337 e. The molecule has 6 nitrogen and oxygen atoms in total. The van der Waals surface area contributed by atoms with E-state index in [-0.39, 0.29) is 11.6 Å². The predicted molar refractivity (Wildman–Crippen MR) is 93.4 cm³/mol. The summed E-state index contributed by atoms with van der Waals surface area (Å²) in [6.45, 7) is 2.17. The van der Waals surface area contributed by atoms with E-state index in [1.54, 1.807) is 6.92 Å². The third-order valence-electron chi connectivity index (χ3n) is 4.22. The van der Waals surface area contributed by atoms with E-state index in [0.29, 0.717) is 24.5 Å². The van der Waals surface area contributed by atoms with Gasteiger partial charge >= 0.3 is 6.03 Å². The van der Waals surface area contributed by atoms with Gasteiger partial charge in [0, 0.05) is 30.4 Å². The molecule has 1 aromatic heterocycles. The summed E-state index contributed by atoms with van der Waals surface area (Å²) in [5.74, 6) is 0.581. The third kappa shape index (κ3) is 4.01. The molecule has 1 aliphatic carbocycles. The highest BCUT2D eigenvalue weighted by molar-refractivity contribution is 5.90. The number of anilines is 1. The van der Waals surface area contributed by atoms with Crippen molar-refractivity contribution in [2.45, 2.75) is 39.0 Å². The molecule has 1 heterocycles. The van der Waals surface area contributed by atoms with Crippen molar-refractivity contribution in [2.24, 2.45) is 0 Å². The molecular formula is C18H22N4O2. The number of benzene rings is 1. The maximum absolute atomic E-state index is 12.1. The number of nitrogens with zero attached hydrogens (tertiary/aromatic N) is 1. The number of aromatic amines is 1. The molecule has 2 amide bonds. The topological polar surface area (TPSA) is 86.9 Å². The quantitative estimate of drug-likeness (QED) is 0.806. The zero-order valence-electron chi connectivity index (χ0n) is 13.8. The smallest absolute Gasteiger partial charge is 0.319 e. The number of fused-ring (bicyclic) bond motifs is 1. The maximum Gasteiger partial charge on any atom is 0.319 e. The van der Waals surface area contributed by atoms with Crippen LogP contribution in [-0.4, -0.2) is 22.5 Å². The number of carbonyl (C=O) groups excluding carboxylic acids is 1. The normalized spacial score (nSPS) is 13.2. The van der Waals surface area contributed by atoms with E-state index >= 15 is 0 Å². The lowest BCUT2D eigenvalue weighted by atomic mass is 9.90. The molecule has 24 heavy (non-hydrogen) atoms. The number of aryl methyl sites for hydroxylation is 2. The van der Waals surface area contributed by atoms with Gasteiger partial charge in [-0.15, -0.1) is 0 Å². The first kappa shape index (κ1) is 16.2. The van der Waals surface area contributed by atoms with E-state index < -0.39 is 0 Å². The highest BCUT2D eigenvalue weighted by Gasteiger charge is 2.14. The van der Waals surface area contributed by atoms with Crippen molar-refractivity contribution in [2.75, 3.05) is 11.9 Å². The first-order valence-corrected chi connectivity index (χ1v) is 8.34. The first-order chi connectivity index (χ1) is 11.6. The standard InChI is InChI=1S/C18H22N4O2/c1-12-20-14(11-17(23)21-12)9-10-19-18(24)22-16-8-4-6-13-5-2-3-7-15(13)16/h4,6,8,11H,2-3,5,7,9-10H2,1H3,(H2,19,22,24)(H,20,21,23). The maximum atomic E-state index is 12.1. The molecule has 0 saturated carbocycles. The SMILES string of the molecule is Cc1nc(CCNC(=O)Nc2cccc3c2CCCC3)cc(=O)[nH]1. The van der Waals surface area contributed by atoms with Crippen LogP contribution in [0.5, 0.6) is 0 Å². The van der Waals surface area contributed by atoms with E-state index in [4.69, 9.17) is 0 Å². The molecular weight excluding hydrogens is 304 g/mol. The molecule has 0 unspecified atom stereocenters. The van der Waals surface area contributed by atoms with Crippen molar-refractivity contribution in [3.63, 3.8) is 0 Å². The minimum atomic E-state index is -0.226. The summed E-state index contributed by atoms with van der Waals surface area (Å²) in [5, 5.41) is 5.76. The van der Waals surface area contributed by atoms with Crippen LogP contribution in [0.15, 0.2) is 29.1 Å². The molecule has 1 aliphatic rings. The van der Waals surface area contributed by atoms with Crippen LogP contribution >= 0.6 is 0 Å². The molecule has 3 N–H and O–H groups in total. The summed E-state index contributed by atoms with van der Waals surface area (Å²) in [5.41, 5.74) is 3.99. The summed E-state index contributed by atoms with van der Waals surface area (Å²) >= 11 is 0. The highest BCUT2D eigenvalue weighted by Crippen LogP contribution is 2.27. The Balaban J connectivity index is 1.56. The van der Waals surface area contributed by atoms with Gasteiger partial charge in [-0.25, -0.2) is 9.78 Å². The average molecular weight is 326 g/mol. The van der Waals surface area contributed by atoms with E-state index in [9.17, 15) is 9.59 Å². The molecule has 0 saturated heterocycles. The van der Waals surface area contributed by atoms with Crippen molar-refractivity contribution in [1.82, 2.24) is 15.3 Å². The Morgan fingerprint density at radius 2 is 2.12 bits per heavy atom. The van der Waals surface area contributed by atoms with Crippen LogP contribution in [0.4, 0.5) is 10.5 Å². The van der Waals surface area contributed by atoms with Gasteiger partial charge in [0.2, 0.25) is 0 Å². The molecule has 2 aromatic rings. The van der Waals surface area contributed by atoms with E-state index in [0.717, 1.165) is 18.5 Å². The van der Waals surface area contributed by atoms with Gasteiger partial charge in [-0.2, -0.15) is 0 Å². The lowest BCUT2D eigenvalue weighted by molar-refractivity contribution is 0.252. The molecule has 6 heteroatoms. The van der Waals surface area contributed by atoms with Crippen molar-refractivity contribution in [1.29, 1.82) is 0 Å². The van der Waals surface area contributed by atoms with Gasteiger partial charge in [0.1, 0.15) is 5.82 Å². The fourth-order valence-electron chi connectivity index (χ4n) is 3.14. The monoisotopic (exact) mass is 326 g/mol. The Labute approximate surface area is 140 Å². The molecule has 1 aromatic carbocycles. The van der Waals surface area contributed by atoms with Crippen LogP contribution < -0.4 is 16.2 Å². The van der Waals surface area contributed by atoms with Gasteiger partial charge < -0.3 is 15.6 Å². The van der Waals surface area contributed by atoms with Crippen LogP contribution in [0.25, 0.3) is 0 Å². The molecule has 126 valence electrons. The first-order valence-electron chi connectivity index (χ1n) is 8.34. The molecule has 0 spiro atoms. The van der Waals surface area contributed by atoms with Crippen LogP contribution in [0.2, 0.25) is 0 Å². The van der Waals surface area contributed by atoms with Crippen molar-refractivity contribution in [3.05, 3.63) is 57.3 Å². The summed E-state index contributed by atoms with van der Waals surface area (Å²) in [7, 11) is 0. The summed E-state index contributed by atoms with van der Waals surface area (Å²) in [4.78, 5) is 30.4. The number of carbonyl (C=O) groups is 1. The van der Waals surface area contributed by atoms with Crippen LogP contribution in [0.3, 0.4) is 0 Å². The third-order valence-corrected chi connectivity index (χ3v) is 4.22. The average Bonchev–Trinajstić information content (AvgIpc) is 2.54. The highest BCUT2D eigenvalue weighted by atomic mass is 16.2. The number of nitrogens with one attached hydrogen (secondary N) is 3. The fraction of sp³-hybridized carbons (Fsp3) is 0.389. The summed E-state index contributed by atoms with van der Waals surface area (Å²) in [6.07, 6.45) is 5.00. The number of hydrogen-bond acceptors (Lipinski definition) is 3. The van der Waals surface area contributed by atoms with Gasteiger partial charge in [-0.1, -0.05) is 12.1 Å². The Morgan fingerprint density at radius 3 is 2.96 bits per heavy atom. The number of urea groups is 1. The lowest BCUT2D eigenvalue weighted by Gasteiger charge is -2.19. The van der Waals surface area contributed by atoms with Crippen LogP contribution in [0.1, 0.15) is 35.5 Å². The molecule has 0 bridgehead atoms. The number of aromatic nitrogens is 2. The minimum absolute atomic E-state index is 0.169. The van der Waals surface area contributed by atoms with Gasteiger partial charge in [0.05, 0.1) is 0 Å². The van der Waals surface area contributed by atoms with Crippen molar-refractivity contribution >= 4 is 11.7 Å². The predicted octanol–water partition coefficient (Wildman–Crippen LogP) is 2.32. The largest absolute Gasteiger partial charge is 0.337 e. The Morgan fingerprint density at radius 1 is 1.29 bits per heavy atom. The van der Waals surface area contributed by atoms with Gasteiger partial charge in [0.15, 0.2) is 0 Å². The molecule has 0 aliphatic heterocycles. The second-order valence-electron chi connectivity index (χ2n) is 6.10. The molecule has 0 fully saturated rings. The van der Waals surface area contributed by atoms with E-state index in [2.05, 4.69) is 26.7 Å². The second kappa shape index (κ2) is 7.29.